The van der Waals surface area contributed by atoms with Crippen LogP contribution in [0.25, 0.3) is 11.1 Å². The summed E-state index contributed by atoms with van der Waals surface area (Å²) in [4.78, 5) is 20.4. The van der Waals surface area contributed by atoms with Crippen LogP contribution in [0.5, 0.6) is 5.75 Å². The van der Waals surface area contributed by atoms with Gasteiger partial charge in [-0.15, -0.1) is 0 Å². The fourth-order valence-corrected chi connectivity index (χ4v) is 8.61. The minimum absolute atomic E-state index is 0.103. The molecule has 3 heterocycles. The monoisotopic (exact) mass is 649 g/mol. The highest BCUT2D eigenvalue weighted by Gasteiger charge is 2.58. The molecule has 1 aliphatic carbocycles. The van der Waals surface area contributed by atoms with Gasteiger partial charge in [0, 0.05) is 74.3 Å². The van der Waals surface area contributed by atoms with E-state index in [1.54, 1.807) is 18.1 Å². The van der Waals surface area contributed by atoms with Crippen LogP contribution in [0.3, 0.4) is 0 Å². The van der Waals surface area contributed by atoms with Gasteiger partial charge >= 0.3 is 6.18 Å². The average molecular weight is 650 g/mol. The number of carbonyl (C=O) groups excluding carboxylic acids is 1. The van der Waals surface area contributed by atoms with Crippen LogP contribution in [0.1, 0.15) is 49.7 Å². The summed E-state index contributed by atoms with van der Waals surface area (Å²) in [6.07, 6.45) is -0.141. The summed E-state index contributed by atoms with van der Waals surface area (Å²) in [6.45, 7) is 4.99. The maximum absolute atomic E-state index is 17.5. The molecule has 1 saturated carbocycles. The van der Waals surface area contributed by atoms with Gasteiger partial charge in [-0.05, 0) is 73.1 Å². The Morgan fingerprint density at radius 3 is 2.13 bits per heavy atom. The molecule has 0 N–H and O–H groups in total. The third-order valence-electron chi connectivity index (χ3n) is 11.3. The predicted octanol–water partition coefficient (Wildman–Crippen LogP) is 7.66. The normalized spacial score (nSPS) is 29.7. The molecule has 47 heavy (non-hydrogen) atoms. The lowest BCUT2D eigenvalue weighted by Gasteiger charge is -2.34. The van der Waals surface area contributed by atoms with Gasteiger partial charge in [0.1, 0.15) is 5.75 Å². The predicted molar refractivity (Wildman–Crippen MR) is 175 cm³/mol. The molecule has 1 amide bonds. The number of ether oxygens (including phenoxy) is 1. The number of likely N-dealkylation sites (tertiary alicyclic amines) is 2. The molecule has 9 heteroatoms. The third-order valence-corrected chi connectivity index (χ3v) is 11.3. The molecule has 250 valence electrons. The minimum atomic E-state index is -4.44. The van der Waals surface area contributed by atoms with E-state index in [9.17, 15) is 18.0 Å². The van der Waals surface area contributed by atoms with Crippen molar-refractivity contribution in [2.24, 2.45) is 17.8 Å². The number of fused-ring (bicyclic) bond motifs is 1. The van der Waals surface area contributed by atoms with Crippen LogP contribution in [0.4, 0.5) is 23.2 Å². The van der Waals surface area contributed by atoms with Crippen molar-refractivity contribution in [2.75, 3.05) is 51.3 Å². The van der Waals surface area contributed by atoms with E-state index in [0.717, 1.165) is 48.6 Å². The molecule has 3 aliphatic heterocycles. The zero-order chi connectivity index (χ0) is 32.9. The lowest BCUT2D eigenvalue weighted by Crippen LogP contribution is -2.51. The van der Waals surface area contributed by atoms with Crippen LogP contribution < -0.4 is 9.64 Å². The Bertz CT molecular complexity index is 1560. The third kappa shape index (κ3) is 6.12. The van der Waals surface area contributed by atoms with Crippen LogP contribution >= 0.6 is 0 Å². The second-order valence-electron chi connectivity index (χ2n) is 14.3. The zero-order valence-electron chi connectivity index (χ0n) is 27.1. The molecule has 4 aliphatic rings. The SMILES string of the molecule is COc1ccc([C@@H]2CN(C3CCC(C)CC3)C[C@@]2(F)C(=O)N2C[C@@H]3CN(c4ccc(C(F)(F)F)cc4-c4ccccc4)C[C@@H]3C2)cc1. The van der Waals surface area contributed by atoms with Gasteiger partial charge < -0.3 is 14.5 Å². The van der Waals surface area contributed by atoms with Gasteiger partial charge in [-0.25, -0.2) is 4.39 Å². The Morgan fingerprint density at radius 2 is 1.51 bits per heavy atom. The van der Waals surface area contributed by atoms with E-state index in [2.05, 4.69) is 16.7 Å². The topological polar surface area (TPSA) is 36.0 Å². The number of rotatable bonds is 6. The van der Waals surface area contributed by atoms with E-state index in [1.807, 2.05) is 54.6 Å². The number of nitrogens with zero attached hydrogens (tertiary/aromatic N) is 3. The molecule has 0 radical (unpaired) electrons. The molecule has 0 bridgehead atoms. The van der Waals surface area contributed by atoms with Crippen molar-refractivity contribution < 1.29 is 27.1 Å². The van der Waals surface area contributed by atoms with E-state index in [0.29, 0.717) is 50.0 Å². The first-order chi connectivity index (χ1) is 22.5. The molecular weight excluding hydrogens is 606 g/mol. The number of amides is 1. The maximum Gasteiger partial charge on any atom is 0.416 e. The Morgan fingerprint density at radius 1 is 0.851 bits per heavy atom. The standard InChI is InChI=1S/C38H43F4N3O2/c1-25-8-13-31(14-9-25)45-23-34(27-10-15-32(47-2)16-11-27)37(39,24-45)36(46)44-21-28-19-43(20-29(28)22-44)35-17-12-30(38(40,41)42)18-33(35)26-6-4-3-5-7-26/h3-7,10-12,15-18,25,28-29,31,34H,8-9,13-14,19-24H2,1-2H3/t25?,28-,29+,31?,34-,37-/m0/s1. The fourth-order valence-electron chi connectivity index (χ4n) is 8.61. The number of alkyl halides is 4. The van der Waals surface area contributed by atoms with Gasteiger partial charge in [0.25, 0.3) is 5.91 Å². The average Bonchev–Trinajstić information content (AvgIpc) is 3.77. The Labute approximate surface area is 274 Å². The van der Waals surface area contributed by atoms with Gasteiger partial charge in [-0.1, -0.05) is 49.4 Å². The lowest BCUT2D eigenvalue weighted by atomic mass is 9.85. The van der Waals surface area contributed by atoms with Crippen molar-refractivity contribution in [3.63, 3.8) is 0 Å². The van der Waals surface area contributed by atoms with E-state index >= 15 is 4.39 Å². The number of hydrogen-bond acceptors (Lipinski definition) is 4. The number of hydrogen-bond donors (Lipinski definition) is 0. The number of anilines is 1. The van der Waals surface area contributed by atoms with Gasteiger partial charge in [-0.3, -0.25) is 9.69 Å². The largest absolute Gasteiger partial charge is 0.497 e. The number of halogens is 4. The fraction of sp³-hybridized carbons (Fsp3) is 0.500. The lowest BCUT2D eigenvalue weighted by molar-refractivity contribution is -0.143. The first-order valence-electron chi connectivity index (χ1n) is 16.9. The quantitative estimate of drug-likeness (QED) is 0.257. The highest BCUT2D eigenvalue weighted by molar-refractivity contribution is 5.88. The van der Waals surface area contributed by atoms with Gasteiger partial charge in [0.2, 0.25) is 5.67 Å². The van der Waals surface area contributed by atoms with Crippen LogP contribution in [0.2, 0.25) is 0 Å². The molecule has 7 rings (SSSR count). The molecule has 0 spiro atoms. The van der Waals surface area contributed by atoms with E-state index in [4.69, 9.17) is 4.74 Å². The minimum Gasteiger partial charge on any atom is -0.497 e. The molecule has 5 nitrogen and oxygen atoms in total. The first-order valence-corrected chi connectivity index (χ1v) is 16.9. The number of carbonyl (C=O) groups is 1. The molecule has 0 unspecified atom stereocenters. The van der Waals surface area contributed by atoms with Crippen LogP contribution in [-0.2, 0) is 11.0 Å². The molecule has 4 fully saturated rings. The summed E-state index contributed by atoms with van der Waals surface area (Å²) >= 11 is 0. The highest BCUT2D eigenvalue weighted by atomic mass is 19.4. The van der Waals surface area contributed by atoms with Crippen molar-refractivity contribution in [3.8, 4) is 16.9 Å². The maximum atomic E-state index is 17.5. The first kappa shape index (κ1) is 32.0. The summed E-state index contributed by atoms with van der Waals surface area (Å²) in [6, 6.07) is 20.9. The molecule has 0 aromatic heterocycles. The second-order valence-corrected chi connectivity index (χ2v) is 14.3. The summed E-state index contributed by atoms with van der Waals surface area (Å²) < 4.78 is 63.9. The number of benzene rings is 3. The summed E-state index contributed by atoms with van der Waals surface area (Å²) in [5.41, 5.74) is 0.125. The molecular formula is C38H43F4N3O2. The van der Waals surface area contributed by atoms with E-state index in [-0.39, 0.29) is 24.4 Å². The van der Waals surface area contributed by atoms with Gasteiger partial charge in [-0.2, -0.15) is 13.2 Å². The smallest absolute Gasteiger partial charge is 0.416 e. The van der Waals surface area contributed by atoms with Crippen LogP contribution in [0, 0.1) is 17.8 Å². The van der Waals surface area contributed by atoms with Crippen molar-refractivity contribution in [1.29, 1.82) is 0 Å². The molecule has 3 aromatic carbocycles. The summed E-state index contributed by atoms with van der Waals surface area (Å²) in [7, 11) is 1.60. The number of methoxy groups -OCH3 is 1. The van der Waals surface area contributed by atoms with Crippen LogP contribution in [-0.4, -0.2) is 73.8 Å². The van der Waals surface area contributed by atoms with Gasteiger partial charge in [0.05, 0.1) is 12.7 Å². The molecule has 3 aromatic rings. The van der Waals surface area contributed by atoms with Crippen molar-refractivity contribution >= 4 is 11.6 Å². The van der Waals surface area contributed by atoms with Crippen LogP contribution in [0.15, 0.2) is 72.8 Å². The van der Waals surface area contributed by atoms with E-state index < -0.39 is 29.2 Å². The molecule has 3 saturated heterocycles. The summed E-state index contributed by atoms with van der Waals surface area (Å²) in [5, 5.41) is 0. The van der Waals surface area contributed by atoms with Gasteiger partial charge in [0.15, 0.2) is 0 Å². The van der Waals surface area contributed by atoms with Crippen molar-refractivity contribution in [1.82, 2.24) is 9.80 Å². The zero-order valence-corrected chi connectivity index (χ0v) is 27.1. The van der Waals surface area contributed by atoms with Crippen molar-refractivity contribution in [2.45, 2.75) is 56.4 Å². The Hall–Kier alpha value is -3.59. The molecule has 4 atom stereocenters. The summed E-state index contributed by atoms with van der Waals surface area (Å²) in [5.74, 6) is 0.609. The second kappa shape index (κ2) is 12.5. The van der Waals surface area contributed by atoms with Crippen molar-refractivity contribution in [3.05, 3.63) is 83.9 Å². The Balaban J connectivity index is 1.10. The highest BCUT2D eigenvalue weighted by Crippen LogP contribution is 2.46. The van der Waals surface area contributed by atoms with E-state index in [1.165, 1.54) is 6.07 Å². The Kier molecular flexibility index (Phi) is 8.48.